The molecular formula is C13H25N3O3. The van der Waals surface area contributed by atoms with Crippen LogP contribution in [0.1, 0.15) is 32.6 Å². The van der Waals surface area contributed by atoms with E-state index >= 15 is 0 Å². The largest absolute Gasteiger partial charge is 0.481 e. The van der Waals surface area contributed by atoms with Crippen LogP contribution in [-0.4, -0.2) is 66.2 Å². The number of carbonyl (C=O) groups excluding carboxylic acids is 1. The van der Waals surface area contributed by atoms with Gasteiger partial charge in [-0.25, -0.2) is 4.79 Å². The van der Waals surface area contributed by atoms with E-state index in [-0.39, 0.29) is 24.5 Å². The summed E-state index contributed by atoms with van der Waals surface area (Å²) in [6.45, 7) is 3.55. The van der Waals surface area contributed by atoms with Gasteiger partial charge in [0.2, 0.25) is 0 Å². The molecule has 0 aromatic rings. The number of carboxylic acid groups (broad SMARTS) is 1. The Bertz CT molecular complexity index is 320. The maximum Gasteiger partial charge on any atom is 0.317 e. The molecule has 0 bridgehead atoms. The van der Waals surface area contributed by atoms with E-state index in [9.17, 15) is 9.59 Å². The van der Waals surface area contributed by atoms with Crippen LogP contribution in [0.25, 0.3) is 0 Å². The van der Waals surface area contributed by atoms with Crippen molar-refractivity contribution in [1.82, 2.24) is 15.1 Å². The smallest absolute Gasteiger partial charge is 0.317 e. The molecule has 0 spiro atoms. The average Bonchev–Trinajstić information content (AvgIpc) is 2.73. The Balaban J connectivity index is 2.41. The van der Waals surface area contributed by atoms with E-state index < -0.39 is 5.97 Å². The highest BCUT2D eigenvalue weighted by Gasteiger charge is 2.30. The van der Waals surface area contributed by atoms with Gasteiger partial charge in [0.25, 0.3) is 0 Å². The second-order valence-electron chi connectivity index (χ2n) is 5.53. The van der Waals surface area contributed by atoms with E-state index in [4.69, 9.17) is 5.11 Å². The molecule has 1 fully saturated rings. The van der Waals surface area contributed by atoms with Gasteiger partial charge in [0.1, 0.15) is 0 Å². The molecule has 1 aliphatic rings. The third kappa shape index (κ3) is 5.46. The Kier molecular flexibility index (Phi) is 6.08. The highest BCUT2D eigenvalue weighted by atomic mass is 16.4. The highest BCUT2D eigenvalue weighted by Crippen LogP contribution is 2.20. The molecule has 1 saturated heterocycles. The minimum absolute atomic E-state index is 0.0412. The summed E-state index contributed by atoms with van der Waals surface area (Å²) in [5.74, 6) is -0.842. The monoisotopic (exact) mass is 271 g/mol. The van der Waals surface area contributed by atoms with Crippen molar-refractivity contribution in [2.75, 3.05) is 27.2 Å². The molecular weight excluding hydrogens is 246 g/mol. The lowest BCUT2D eigenvalue weighted by molar-refractivity contribution is -0.137. The maximum absolute atomic E-state index is 12.1. The van der Waals surface area contributed by atoms with Crippen LogP contribution in [-0.2, 0) is 4.79 Å². The number of likely N-dealkylation sites (tertiary alicyclic amines) is 1. The van der Waals surface area contributed by atoms with Gasteiger partial charge in [-0.2, -0.15) is 0 Å². The lowest BCUT2D eigenvalue weighted by Crippen LogP contribution is -2.47. The predicted octanol–water partition coefficient (Wildman–Crippen LogP) is 0.975. The van der Waals surface area contributed by atoms with Crippen molar-refractivity contribution in [2.24, 2.45) is 0 Å². The van der Waals surface area contributed by atoms with Gasteiger partial charge < -0.3 is 20.2 Å². The van der Waals surface area contributed by atoms with Crippen LogP contribution < -0.4 is 5.32 Å². The van der Waals surface area contributed by atoms with Crippen LogP contribution in [0.2, 0.25) is 0 Å². The molecule has 0 aromatic heterocycles. The summed E-state index contributed by atoms with van der Waals surface area (Å²) in [7, 11) is 4.00. The maximum atomic E-state index is 12.1. The Hall–Kier alpha value is -1.30. The molecule has 0 saturated carbocycles. The number of nitrogens with one attached hydrogen (secondary N) is 1. The summed E-state index contributed by atoms with van der Waals surface area (Å²) in [5.41, 5.74) is 0. The predicted molar refractivity (Wildman–Crippen MR) is 73.1 cm³/mol. The molecule has 2 atom stereocenters. The second kappa shape index (κ2) is 7.33. The van der Waals surface area contributed by atoms with Crippen LogP contribution in [0.15, 0.2) is 0 Å². The first-order valence-electron chi connectivity index (χ1n) is 6.83. The Morgan fingerprint density at radius 3 is 2.74 bits per heavy atom. The van der Waals surface area contributed by atoms with Crippen molar-refractivity contribution >= 4 is 12.0 Å². The van der Waals surface area contributed by atoms with Crippen molar-refractivity contribution in [2.45, 2.75) is 44.7 Å². The number of rotatable bonds is 6. The number of carbonyl (C=O) groups is 2. The van der Waals surface area contributed by atoms with Crippen LogP contribution >= 0.6 is 0 Å². The van der Waals surface area contributed by atoms with Gasteiger partial charge in [-0.15, -0.1) is 0 Å². The molecule has 0 aromatic carbocycles. The van der Waals surface area contributed by atoms with E-state index in [1.54, 1.807) is 4.90 Å². The van der Waals surface area contributed by atoms with Crippen molar-refractivity contribution in [1.29, 1.82) is 0 Å². The Morgan fingerprint density at radius 2 is 2.16 bits per heavy atom. The number of amides is 2. The molecule has 6 heteroatoms. The molecule has 110 valence electrons. The molecule has 6 nitrogen and oxygen atoms in total. The van der Waals surface area contributed by atoms with E-state index in [2.05, 4.69) is 10.2 Å². The zero-order chi connectivity index (χ0) is 14.4. The summed E-state index contributed by atoms with van der Waals surface area (Å²) in [6.07, 6.45) is 2.60. The minimum atomic E-state index is -0.842. The lowest BCUT2D eigenvalue weighted by Gasteiger charge is -2.26. The fraction of sp³-hybridized carbons (Fsp3) is 0.846. The first-order valence-corrected chi connectivity index (χ1v) is 6.83. The molecule has 0 radical (unpaired) electrons. The number of carboxylic acids is 1. The van der Waals surface area contributed by atoms with E-state index in [0.717, 1.165) is 25.8 Å². The average molecular weight is 271 g/mol. The molecule has 2 unspecified atom stereocenters. The number of aliphatic carboxylic acids is 1. The summed E-state index contributed by atoms with van der Waals surface area (Å²) < 4.78 is 0. The zero-order valence-electron chi connectivity index (χ0n) is 12.1. The normalized spacial score (nSPS) is 20.6. The standard InChI is InChI=1S/C13H25N3O3/c1-10(6-8-15(2)3)14-13(19)16-7-4-5-11(16)9-12(17)18/h10-11H,4-9H2,1-3H3,(H,14,19)(H,17,18). The van der Waals surface area contributed by atoms with Gasteiger partial charge >= 0.3 is 12.0 Å². The molecule has 19 heavy (non-hydrogen) atoms. The summed E-state index contributed by atoms with van der Waals surface area (Å²) >= 11 is 0. The number of nitrogens with zero attached hydrogens (tertiary/aromatic N) is 2. The van der Waals surface area contributed by atoms with Crippen molar-refractivity contribution in [3.63, 3.8) is 0 Å². The van der Waals surface area contributed by atoms with Crippen molar-refractivity contribution in [3.8, 4) is 0 Å². The highest BCUT2D eigenvalue weighted by molar-refractivity contribution is 5.76. The molecule has 1 aliphatic heterocycles. The first-order chi connectivity index (χ1) is 8.90. The molecule has 2 N–H and O–H groups in total. The number of urea groups is 1. The zero-order valence-corrected chi connectivity index (χ0v) is 12.1. The van der Waals surface area contributed by atoms with Gasteiger partial charge in [0, 0.05) is 18.6 Å². The SMILES string of the molecule is CC(CCN(C)C)NC(=O)N1CCCC1CC(=O)O. The topological polar surface area (TPSA) is 72.9 Å². The Labute approximate surface area is 114 Å². The Morgan fingerprint density at radius 1 is 1.47 bits per heavy atom. The fourth-order valence-corrected chi connectivity index (χ4v) is 2.33. The van der Waals surface area contributed by atoms with Crippen LogP contribution in [0, 0.1) is 0 Å². The summed E-state index contributed by atoms with van der Waals surface area (Å²) in [4.78, 5) is 26.6. The lowest BCUT2D eigenvalue weighted by atomic mass is 10.1. The van der Waals surface area contributed by atoms with Crippen LogP contribution in [0.5, 0.6) is 0 Å². The van der Waals surface area contributed by atoms with E-state index in [0.29, 0.717) is 6.54 Å². The van der Waals surface area contributed by atoms with Gasteiger partial charge in [-0.3, -0.25) is 4.79 Å². The van der Waals surface area contributed by atoms with Crippen molar-refractivity contribution in [3.05, 3.63) is 0 Å². The fourth-order valence-electron chi connectivity index (χ4n) is 2.33. The molecule has 1 heterocycles. The summed E-state index contributed by atoms with van der Waals surface area (Å²) in [5, 5.41) is 11.8. The number of hydrogen-bond acceptors (Lipinski definition) is 3. The van der Waals surface area contributed by atoms with Crippen LogP contribution in [0.4, 0.5) is 4.79 Å². The van der Waals surface area contributed by atoms with Gasteiger partial charge in [0.05, 0.1) is 6.42 Å². The minimum Gasteiger partial charge on any atom is -0.481 e. The third-order valence-electron chi connectivity index (χ3n) is 3.43. The van der Waals surface area contributed by atoms with Gasteiger partial charge in [0.15, 0.2) is 0 Å². The van der Waals surface area contributed by atoms with Crippen LogP contribution in [0.3, 0.4) is 0 Å². The quantitative estimate of drug-likeness (QED) is 0.755. The van der Waals surface area contributed by atoms with Crippen molar-refractivity contribution < 1.29 is 14.7 Å². The first kappa shape index (κ1) is 15.8. The molecule has 2 amide bonds. The summed E-state index contributed by atoms with van der Waals surface area (Å²) in [6, 6.07) is -0.186. The van der Waals surface area contributed by atoms with E-state index in [1.165, 1.54) is 0 Å². The second-order valence-corrected chi connectivity index (χ2v) is 5.53. The van der Waals surface area contributed by atoms with Gasteiger partial charge in [-0.05, 0) is 46.8 Å². The van der Waals surface area contributed by atoms with Gasteiger partial charge in [-0.1, -0.05) is 0 Å². The third-order valence-corrected chi connectivity index (χ3v) is 3.43. The molecule has 1 rings (SSSR count). The molecule has 0 aliphatic carbocycles. The number of hydrogen-bond donors (Lipinski definition) is 2. The van der Waals surface area contributed by atoms with E-state index in [1.807, 2.05) is 21.0 Å².